The predicted octanol–water partition coefficient (Wildman–Crippen LogP) is 5.06. The lowest BCUT2D eigenvalue weighted by Crippen LogP contribution is -2.53. The number of nitrogens with zero attached hydrogens (tertiary/aromatic N) is 2. The highest BCUT2D eigenvalue weighted by atomic mass is 35.5. The molecule has 0 saturated heterocycles. The fourth-order valence-electron chi connectivity index (χ4n) is 3.96. The monoisotopic (exact) mass is 593 g/mol. The Morgan fingerprint density at radius 1 is 0.974 bits per heavy atom. The number of carbonyl (C=O) groups excluding carboxylic acids is 2. The smallest absolute Gasteiger partial charge is 0.244 e. The van der Waals surface area contributed by atoms with Gasteiger partial charge in [0, 0.05) is 24.5 Å². The van der Waals surface area contributed by atoms with Crippen LogP contribution in [0.3, 0.4) is 0 Å². The molecule has 3 rings (SSSR count). The molecule has 0 spiro atoms. The van der Waals surface area contributed by atoms with Crippen molar-refractivity contribution >= 4 is 50.7 Å². The molecule has 1 N–H and O–H groups in total. The highest BCUT2D eigenvalue weighted by Crippen LogP contribution is 2.25. The van der Waals surface area contributed by atoms with Gasteiger partial charge in [0.15, 0.2) is 0 Å². The molecule has 0 heterocycles. The second-order valence-corrected chi connectivity index (χ2v) is 11.8. The van der Waals surface area contributed by atoms with Gasteiger partial charge in [-0.3, -0.25) is 13.9 Å². The summed E-state index contributed by atoms with van der Waals surface area (Å²) in [6.45, 7) is 1.73. The molecule has 208 valence electrons. The lowest BCUT2D eigenvalue weighted by molar-refractivity contribution is -0.140. The van der Waals surface area contributed by atoms with E-state index in [1.807, 2.05) is 37.3 Å². The Kier molecular flexibility index (Phi) is 10.7. The summed E-state index contributed by atoms with van der Waals surface area (Å²) in [6.07, 6.45) is 1.84. The summed E-state index contributed by atoms with van der Waals surface area (Å²) in [6, 6.07) is 18.5. The van der Waals surface area contributed by atoms with E-state index >= 15 is 0 Å². The maximum atomic E-state index is 13.9. The van der Waals surface area contributed by atoms with Crippen molar-refractivity contribution in [3.05, 3.63) is 99.8 Å². The summed E-state index contributed by atoms with van der Waals surface area (Å²) in [5, 5.41) is 3.09. The van der Waals surface area contributed by atoms with Crippen molar-refractivity contribution in [2.45, 2.75) is 32.4 Å². The van der Waals surface area contributed by atoms with Crippen LogP contribution in [0.25, 0.3) is 0 Å². The summed E-state index contributed by atoms with van der Waals surface area (Å²) in [5.74, 6) is -1.71. The molecule has 0 fully saturated rings. The van der Waals surface area contributed by atoms with Gasteiger partial charge < -0.3 is 10.2 Å². The number of carbonyl (C=O) groups is 2. The van der Waals surface area contributed by atoms with Crippen LogP contribution in [0.2, 0.25) is 10.0 Å². The van der Waals surface area contributed by atoms with E-state index in [1.165, 1.54) is 11.0 Å². The Labute approximate surface area is 238 Å². The first-order valence-electron chi connectivity index (χ1n) is 12.3. The molecule has 0 aliphatic heterocycles. The number of rotatable bonds is 12. The van der Waals surface area contributed by atoms with E-state index < -0.39 is 34.3 Å². The summed E-state index contributed by atoms with van der Waals surface area (Å²) in [7, 11) is -3.99. The lowest BCUT2D eigenvalue weighted by atomic mass is 10.0. The largest absolute Gasteiger partial charge is 0.354 e. The Balaban J connectivity index is 2.04. The maximum absolute atomic E-state index is 13.9. The van der Waals surface area contributed by atoms with Crippen LogP contribution in [-0.2, 0) is 32.6 Å². The van der Waals surface area contributed by atoms with Gasteiger partial charge in [-0.2, -0.15) is 0 Å². The molecular weight excluding hydrogens is 564 g/mol. The fraction of sp³-hybridized carbons (Fsp3) is 0.286. The van der Waals surface area contributed by atoms with Gasteiger partial charge >= 0.3 is 0 Å². The second-order valence-electron chi connectivity index (χ2n) is 9.01. The molecule has 7 nitrogen and oxygen atoms in total. The number of hydrogen-bond donors (Lipinski definition) is 1. The third-order valence-electron chi connectivity index (χ3n) is 5.96. The molecule has 0 bridgehead atoms. The molecule has 1 atom stereocenters. The third kappa shape index (κ3) is 8.68. The van der Waals surface area contributed by atoms with Crippen molar-refractivity contribution in [3.8, 4) is 0 Å². The van der Waals surface area contributed by atoms with Crippen molar-refractivity contribution in [1.82, 2.24) is 10.2 Å². The van der Waals surface area contributed by atoms with E-state index in [0.717, 1.165) is 28.3 Å². The molecule has 0 radical (unpaired) electrons. The van der Waals surface area contributed by atoms with E-state index in [1.54, 1.807) is 24.3 Å². The number of benzene rings is 3. The fourth-order valence-corrected chi connectivity index (χ4v) is 5.10. The molecule has 0 unspecified atom stereocenters. The number of hydrogen-bond acceptors (Lipinski definition) is 4. The molecule has 39 heavy (non-hydrogen) atoms. The van der Waals surface area contributed by atoms with Gasteiger partial charge in [-0.05, 0) is 47.9 Å². The minimum atomic E-state index is -3.99. The number of halogens is 3. The maximum Gasteiger partial charge on any atom is 0.244 e. The van der Waals surface area contributed by atoms with Crippen LogP contribution < -0.4 is 9.62 Å². The normalized spacial score (nSPS) is 12.0. The van der Waals surface area contributed by atoms with E-state index in [9.17, 15) is 22.4 Å². The number of nitrogens with one attached hydrogen (secondary N) is 1. The first-order chi connectivity index (χ1) is 18.5. The molecular formula is C28H30Cl2FN3O4S. The van der Waals surface area contributed by atoms with Crippen molar-refractivity contribution in [2.75, 3.05) is 23.7 Å². The predicted molar refractivity (Wildman–Crippen MR) is 153 cm³/mol. The molecule has 0 saturated carbocycles. The third-order valence-corrected chi connectivity index (χ3v) is 7.64. The summed E-state index contributed by atoms with van der Waals surface area (Å²) in [4.78, 5) is 28.7. The van der Waals surface area contributed by atoms with Crippen LogP contribution >= 0.6 is 23.2 Å². The van der Waals surface area contributed by atoms with Crippen molar-refractivity contribution < 1.29 is 22.4 Å². The van der Waals surface area contributed by atoms with Crippen molar-refractivity contribution in [1.29, 1.82) is 0 Å². The highest BCUT2D eigenvalue weighted by molar-refractivity contribution is 7.92. The Morgan fingerprint density at radius 3 is 2.23 bits per heavy atom. The van der Waals surface area contributed by atoms with Gasteiger partial charge in [0.2, 0.25) is 21.8 Å². The number of amides is 2. The SMILES string of the molecule is CCCNC(=O)[C@@H](Cc1ccccc1)N(Cc1ccc(Cl)cc1)C(=O)CN(c1ccc(F)c(Cl)c1)S(C)(=O)=O. The lowest BCUT2D eigenvalue weighted by Gasteiger charge is -2.33. The average molecular weight is 595 g/mol. The standard InChI is InChI=1S/C28H30Cl2FN3O4S/c1-3-15-32-28(36)26(16-20-7-5-4-6-8-20)33(18-21-9-11-22(29)12-10-21)27(35)19-34(39(2,37)38)23-13-14-25(31)24(30)17-23/h4-14,17,26H,3,15-16,18-19H2,1-2H3,(H,32,36)/t26-/m1/s1. The van der Waals surface area contributed by atoms with Crippen molar-refractivity contribution in [2.24, 2.45) is 0 Å². The minimum absolute atomic E-state index is 0.0226. The van der Waals surface area contributed by atoms with Crippen LogP contribution in [0.4, 0.5) is 10.1 Å². The van der Waals surface area contributed by atoms with Crippen LogP contribution in [0.5, 0.6) is 0 Å². The van der Waals surface area contributed by atoms with E-state index in [4.69, 9.17) is 23.2 Å². The summed E-state index contributed by atoms with van der Waals surface area (Å²) < 4.78 is 40.1. The second kappa shape index (κ2) is 13.8. The van der Waals surface area contributed by atoms with Gasteiger partial charge in [-0.15, -0.1) is 0 Å². The van der Waals surface area contributed by atoms with E-state index in [2.05, 4.69) is 5.32 Å². The molecule has 0 aliphatic rings. The van der Waals surface area contributed by atoms with Gasteiger partial charge in [-0.1, -0.05) is 72.6 Å². The van der Waals surface area contributed by atoms with E-state index in [-0.39, 0.29) is 29.6 Å². The van der Waals surface area contributed by atoms with Gasteiger partial charge in [-0.25, -0.2) is 12.8 Å². The van der Waals surface area contributed by atoms with Gasteiger partial charge in [0.1, 0.15) is 18.4 Å². The van der Waals surface area contributed by atoms with Gasteiger partial charge in [0.05, 0.1) is 17.0 Å². The first kappa shape index (κ1) is 30.4. The van der Waals surface area contributed by atoms with Crippen LogP contribution in [-0.4, -0.2) is 50.5 Å². The van der Waals surface area contributed by atoms with E-state index in [0.29, 0.717) is 23.6 Å². The van der Waals surface area contributed by atoms with Crippen molar-refractivity contribution in [3.63, 3.8) is 0 Å². The molecule has 2 amide bonds. The molecule has 3 aromatic rings. The van der Waals surface area contributed by atoms with Crippen LogP contribution in [0.1, 0.15) is 24.5 Å². The highest BCUT2D eigenvalue weighted by Gasteiger charge is 2.33. The molecule has 0 aromatic heterocycles. The topological polar surface area (TPSA) is 86.8 Å². The number of anilines is 1. The zero-order valence-electron chi connectivity index (χ0n) is 21.6. The molecule has 11 heteroatoms. The Hall–Kier alpha value is -3.14. The zero-order valence-corrected chi connectivity index (χ0v) is 23.9. The first-order valence-corrected chi connectivity index (χ1v) is 14.9. The molecule has 0 aliphatic carbocycles. The zero-order chi connectivity index (χ0) is 28.6. The minimum Gasteiger partial charge on any atom is -0.354 e. The Morgan fingerprint density at radius 2 is 1.64 bits per heavy atom. The summed E-state index contributed by atoms with van der Waals surface area (Å²) in [5.41, 5.74) is 1.55. The summed E-state index contributed by atoms with van der Waals surface area (Å²) >= 11 is 11.9. The molecule has 3 aromatic carbocycles. The quantitative estimate of drug-likeness (QED) is 0.318. The van der Waals surface area contributed by atoms with Crippen LogP contribution in [0, 0.1) is 5.82 Å². The van der Waals surface area contributed by atoms with Gasteiger partial charge in [0.25, 0.3) is 0 Å². The van der Waals surface area contributed by atoms with Crippen LogP contribution in [0.15, 0.2) is 72.8 Å². The Bertz CT molecular complexity index is 1390. The average Bonchev–Trinajstić information content (AvgIpc) is 2.90. The number of sulfonamides is 1.